The molecule has 0 spiro atoms. The van der Waals surface area contributed by atoms with Crippen LogP contribution < -0.4 is 5.32 Å². The monoisotopic (exact) mass is 356 g/mol. The van der Waals surface area contributed by atoms with E-state index in [0.717, 1.165) is 32.6 Å². The van der Waals surface area contributed by atoms with Crippen LogP contribution in [0.2, 0.25) is 0 Å². The van der Waals surface area contributed by atoms with Crippen LogP contribution in [0.1, 0.15) is 36.1 Å². The van der Waals surface area contributed by atoms with Crippen molar-refractivity contribution in [1.29, 1.82) is 0 Å². The Morgan fingerprint density at radius 2 is 1.84 bits per heavy atom. The summed E-state index contributed by atoms with van der Waals surface area (Å²) in [6.45, 7) is 8.34. The lowest BCUT2D eigenvalue weighted by Gasteiger charge is -2.23. The molecule has 1 N–H and O–H groups in total. The van der Waals surface area contributed by atoms with Crippen molar-refractivity contribution < 1.29 is 4.79 Å². The van der Waals surface area contributed by atoms with Gasteiger partial charge in [-0.3, -0.25) is 9.20 Å². The number of benzene rings is 1. The highest BCUT2D eigenvalue weighted by Gasteiger charge is 2.25. The predicted octanol–water partition coefficient (Wildman–Crippen LogP) is 4.28. The molecule has 3 aromatic rings. The number of imidazole rings is 1. The summed E-state index contributed by atoms with van der Waals surface area (Å²) < 4.78 is 2.06. The lowest BCUT2D eigenvalue weighted by atomic mass is 10.1. The van der Waals surface area contributed by atoms with E-state index in [-0.39, 0.29) is 11.4 Å². The lowest BCUT2D eigenvalue weighted by molar-refractivity contribution is 0.0831. The minimum absolute atomic E-state index is 0.0102. The molecule has 0 radical (unpaired) electrons. The van der Waals surface area contributed by atoms with Crippen molar-refractivity contribution in [3.8, 4) is 11.3 Å². The zero-order valence-corrected chi connectivity index (χ0v) is 16.4. The number of nitrogens with one attached hydrogen (secondary N) is 1. The maximum atomic E-state index is 12.5. The molecule has 1 amide bonds. The van der Waals surface area contributed by atoms with Gasteiger partial charge in [-0.2, -0.15) is 0 Å². The molecular formula is C19H24N4OS. The van der Waals surface area contributed by atoms with E-state index < -0.39 is 0 Å². The molecule has 0 atom stereocenters. The van der Waals surface area contributed by atoms with Gasteiger partial charge in [-0.15, -0.1) is 0 Å². The van der Waals surface area contributed by atoms with E-state index in [1.807, 2.05) is 25.1 Å². The third-order valence-corrected chi connectivity index (χ3v) is 4.98. The van der Waals surface area contributed by atoms with E-state index >= 15 is 0 Å². The third kappa shape index (κ3) is 3.26. The van der Waals surface area contributed by atoms with Gasteiger partial charge in [0.05, 0.1) is 0 Å². The van der Waals surface area contributed by atoms with Crippen LogP contribution in [-0.2, 0) is 0 Å². The van der Waals surface area contributed by atoms with Gasteiger partial charge in [0.15, 0.2) is 4.96 Å². The van der Waals surface area contributed by atoms with Crippen LogP contribution in [0.5, 0.6) is 0 Å². The van der Waals surface area contributed by atoms with E-state index in [1.54, 1.807) is 19.0 Å². The van der Waals surface area contributed by atoms with Gasteiger partial charge in [-0.25, -0.2) is 4.98 Å². The van der Waals surface area contributed by atoms with Gasteiger partial charge in [0.2, 0.25) is 0 Å². The first-order valence-corrected chi connectivity index (χ1v) is 9.08. The molecule has 0 saturated carbocycles. The van der Waals surface area contributed by atoms with Crippen molar-refractivity contribution in [3.05, 3.63) is 40.9 Å². The van der Waals surface area contributed by atoms with Gasteiger partial charge >= 0.3 is 0 Å². The third-order valence-electron chi connectivity index (χ3n) is 3.85. The molecule has 0 aliphatic heterocycles. The molecule has 25 heavy (non-hydrogen) atoms. The molecule has 6 heteroatoms. The van der Waals surface area contributed by atoms with Crippen LogP contribution >= 0.6 is 11.3 Å². The number of fused-ring (bicyclic) bond motifs is 1. The normalized spacial score (nSPS) is 11.8. The van der Waals surface area contributed by atoms with Crippen LogP contribution in [0.3, 0.4) is 0 Å². The van der Waals surface area contributed by atoms with Gasteiger partial charge in [0.25, 0.3) is 5.91 Å². The molecule has 0 unspecified atom stereocenters. The van der Waals surface area contributed by atoms with E-state index in [1.165, 1.54) is 11.3 Å². The number of thiazole rings is 1. The number of anilines is 1. The Hall–Kier alpha value is -2.34. The fourth-order valence-electron chi connectivity index (χ4n) is 2.72. The number of aryl methyl sites for hydroxylation is 1. The second-order valence-corrected chi connectivity index (χ2v) is 8.36. The van der Waals surface area contributed by atoms with Crippen LogP contribution in [0.15, 0.2) is 30.3 Å². The Morgan fingerprint density at radius 3 is 2.40 bits per heavy atom. The smallest absolute Gasteiger partial charge is 0.265 e. The summed E-state index contributed by atoms with van der Waals surface area (Å²) in [4.78, 5) is 20.5. The van der Waals surface area contributed by atoms with Gasteiger partial charge < -0.3 is 10.2 Å². The number of aromatic nitrogens is 2. The number of carbonyl (C=O) groups is 1. The number of carbonyl (C=O) groups excluding carboxylic acids is 1. The first-order chi connectivity index (χ1) is 11.7. The first kappa shape index (κ1) is 17.5. The largest absolute Gasteiger partial charge is 0.365 e. The Morgan fingerprint density at radius 1 is 1.20 bits per heavy atom. The highest BCUT2D eigenvalue weighted by molar-refractivity contribution is 7.19. The molecule has 132 valence electrons. The molecule has 5 nitrogen and oxygen atoms in total. The number of hydrogen-bond acceptors (Lipinski definition) is 4. The van der Waals surface area contributed by atoms with Crippen molar-refractivity contribution in [3.63, 3.8) is 0 Å². The van der Waals surface area contributed by atoms with Crippen molar-refractivity contribution >= 4 is 28.0 Å². The summed E-state index contributed by atoms with van der Waals surface area (Å²) in [5.74, 6) is 0.941. The van der Waals surface area contributed by atoms with Crippen molar-refractivity contribution in [2.24, 2.45) is 0 Å². The fraction of sp³-hybridized carbons (Fsp3) is 0.368. The molecule has 2 aromatic heterocycles. The fourth-order valence-corrected chi connectivity index (χ4v) is 3.86. The number of rotatable bonds is 3. The maximum Gasteiger partial charge on any atom is 0.265 e. The highest BCUT2D eigenvalue weighted by atomic mass is 32.1. The SMILES string of the molecule is Cc1c(C(=O)N(C)C)sc2nc(-c3ccccc3)c(NC(C)(C)C)n12. The van der Waals surface area contributed by atoms with Gasteiger partial charge in [0.1, 0.15) is 16.4 Å². The molecule has 1 aromatic carbocycles. The Kier molecular flexibility index (Phi) is 4.33. The molecule has 0 saturated heterocycles. The molecule has 0 aliphatic rings. The molecular weight excluding hydrogens is 332 g/mol. The molecule has 0 aliphatic carbocycles. The van der Waals surface area contributed by atoms with Crippen molar-refractivity contribution in [1.82, 2.24) is 14.3 Å². The maximum absolute atomic E-state index is 12.5. The van der Waals surface area contributed by atoms with E-state index in [0.29, 0.717) is 0 Å². The zero-order valence-electron chi connectivity index (χ0n) is 15.5. The number of nitrogens with zero attached hydrogens (tertiary/aromatic N) is 3. The van der Waals surface area contributed by atoms with Gasteiger partial charge in [0, 0.05) is 30.9 Å². The van der Waals surface area contributed by atoms with Crippen molar-refractivity contribution in [2.45, 2.75) is 33.2 Å². The number of hydrogen-bond donors (Lipinski definition) is 1. The number of amides is 1. The zero-order chi connectivity index (χ0) is 18.4. The second-order valence-electron chi connectivity index (χ2n) is 7.38. The summed E-state index contributed by atoms with van der Waals surface area (Å²) in [5.41, 5.74) is 2.76. The molecule has 0 bridgehead atoms. The van der Waals surface area contributed by atoms with Gasteiger partial charge in [-0.05, 0) is 27.7 Å². The molecule has 2 heterocycles. The summed E-state index contributed by atoms with van der Waals surface area (Å²) in [6.07, 6.45) is 0. The van der Waals surface area contributed by atoms with Crippen molar-refractivity contribution in [2.75, 3.05) is 19.4 Å². The van der Waals surface area contributed by atoms with Crippen LogP contribution in [0.25, 0.3) is 16.2 Å². The summed E-state index contributed by atoms with van der Waals surface area (Å²) in [6, 6.07) is 10.1. The Balaban J connectivity index is 2.25. The summed E-state index contributed by atoms with van der Waals surface area (Å²) >= 11 is 1.44. The van der Waals surface area contributed by atoms with E-state index in [4.69, 9.17) is 4.98 Å². The Bertz CT molecular complexity index is 916. The average molecular weight is 356 g/mol. The summed E-state index contributed by atoms with van der Waals surface area (Å²) in [7, 11) is 3.54. The molecule has 3 rings (SSSR count). The minimum Gasteiger partial charge on any atom is -0.365 e. The van der Waals surface area contributed by atoms with Crippen LogP contribution in [0.4, 0.5) is 5.82 Å². The van der Waals surface area contributed by atoms with E-state index in [9.17, 15) is 4.79 Å². The van der Waals surface area contributed by atoms with Crippen LogP contribution in [-0.4, -0.2) is 39.8 Å². The Labute approximate surface area is 152 Å². The predicted molar refractivity (Wildman–Crippen MR) is 105 cm³/mol. The second kappa shape index (κ2) is 6.19. The summed E-state index contributed by atoms with van der Waals surface area (Å²) in [5, 5.41) is 3.58. The van der Waals surface area contributed by atoms with E-state index in [2.05, 4.69) is 42.6 Å². The standard InChI is InChI=1S/C19H24N4OS/c1-12-15(17(24)22(5)6)25-18-20-14(13-10-8-7-9-11-13)16(23(12)18)21-19(2,3)4/h7-11,21H,1-6H3. The highest BCUT2D eigenvalue weighted by Crippen LogP contribution is 2.36. The molecule has 0 fully saturated rings. The van der Waals surface area contributed by atoms with Gasteiger partial charge in [-0.1, -0.05) is 41.7 Å². The van der Waals surface area contributed by atoms with Crippen LogP contribution in [0, 0.1) is 6.92 Å². The topological polar surface area (TPSA) is 49.6 Å². The average Bonchev–Trinajstić information content (AvgIpc) is 3.04. The first-order valence-electron chi connectivity index (χ1n) is 8.26. The lowest BCUT2D eigenvalue weighted by Crippen LogP contribution is -2.27. The minimum atomic E-state index is -0.125. The quantitative estimate of drug-likeness (QED) is 0.762.